The van der Waals surface area contributed by atoms with Crippen LogP contribution < -0.4 is 20.3 Å². The molecule has 0 spiro atoms. The molecule has 3 aromatic carbocycles. The molecule has 0 radical (unpaired) electrons. The van der Waals surface area contributed by atoms with Crippen molar-refractivity contribution in [3.05, 3.63) is 84.1 Å². The van der Waals surface area contributed by atoms with Crippen LogP contribution in [0.25, 0.3) is 10.8 Å². The second kappa shape index (κ2) is 16.1. The van der Waals surface area contributed by atoms with E-state index in [1.54, 1.807) is 24.1 Å². The summed E-state index contributed by atoms with van der Waals surface area (Å²) in [6.07, 6.45) is -0.356. The Morgan fingerprint density at radius 2 is 1.80 bits per heavy atom. The van der Waals surface area contributed by atoms with Crippen molar-refractivity contribution in [2.24, 2.45) is 0 Å². The van der Waals surface area contributed by atoms with Gasteiger partial charge in [0.25, 0.3) is 5.91 Å². The first kappa shape index (κ1) is 33.5. The number of morpholine rings is 1. The Balaban J connectivity index is 1.22. The van der Waals surface area contributed by atoms with Crippen LogP contribution in [0.3, 0.4) is 0 Å². The van der Waals surface area contributed by atoms with Crippen LogP contribution in [0.15, 0.2) is 72.8 Å². The number of nitriles is 1. The standard InChI is InChI=1S/C36H40N8O5/c1-47-29-21-27-9-5-6-10-30(27)31(22-29)39-34(45)32-23-33(41-35(40-32)38-13-14-42-17-19-48-20-18-42)43-15-16-44(28(24-43)11-12-37)36(46)49-25-26-7-3-2-4-8-26/h2-10,21-23,28H,11,13-20,24-25H2,1H3,(H,39,45)(H,38,40,41)/t28-/m0/s1. The molecule has 0 bridgehead atoms. The average Bonchev–Trinajstić information content (AvgIpc) is 3.14. The van der Waals surface area contributed by atoms with Gasteiger partial charge in [0.05, 0.1) is 44.5 Å². The molecular formula is C36H40N8O5. The van der Waals surface area contributed by atoms with Crippen LogP contribution in [0.1, 0.15) is 22.5 Å². The molecule has 6 rings (SSSR count). The summed E-state index contributed by atoms with van der Waals surface area (Å²) in [5.41, 5.74) is 1.65. The normalized spacial score (nSPS) is 16.5. The molecule has 2 N–H and O–H groups in total. The summed E-state index contributed by atoms with van der Waals surface area (Å²) >= 11 is 0. The van der Waals surface area contributed by atoms with Crippen LogP contribution in [0.2, 0.25) is 0 Å². The molecule has 0 saturated carbocycles. The van der Waals surface area contributed by atoms with Crippen molar-refractivity contribution < 1.29 is 23.8 Å². The molecule has 254 valence electrons. The quantitative estimate of drug-likeness (QED) is 0.236. The fourth-order valence-electron chi connectivity index (χ4n) is 6.02. The summed E-state index contributed by atoms with van der Waals surface area (Å²) in [6.45, 7) is 5.66. The van der Waals surface area contributed by atoms with Gasteiger partial charge in [-0.05, 0) is 17.0 Å². The van der Waals surface area contributed by atoms with Gasteiger partial charge in [-0.1, -0.05) is 54.6 Å². The highest BCUT2D eigenvalue weighted by Crippen LogP contribution is 2.30. The molecule has 0 unspecified atom stereocenters. The van der Waals surface area contributed by atoms with Crippen LogP contribution in [-0.2, 0) is 16.1 Å². The molecule has 2 amide bonds. The van der Waals surface area contributed by atoms with Crippen molar-refractivity contribution in [1.82, 2.24) is 19.8 Å². The second-order valence-electron chi connectivity index (χ2n) is 11.9. The van der Waals surface area contributed by atoms with Crippen LogP contribution in [0, 0.1) is 11.3 Å². The zero-order valence-electron chi connectivity index (χ0n) is 27.5. The monoisotopic (exact) mass is 664 g/mol. The summed E-state index contributed by atoms with van der Waals surface area (Å²) in [6, 6.07) is 24.3. The molecule has 2 fully saturated rings. The van der Waals surface area contributed by atoms with Gasteiger partial charge in [-0.15, -0.1) is 0 Å². The van der Waals surface area contributed by atoms with Crippen LogP contribution in [0.5, 0.6) is 5.75 Å². The number of nitrogens with one attached hydrogen (secondary N) is 2. The van der Waals surface area contributed by atoms with Crippen molar-refractivity contribution in [1.29, 1.82) is 5.26 Å². The number of ether oxygens (including phenoxy) is 3. The smallest absolute Gasteiger partial charge is 0.410 e. The Kier molecular flexibility index (Phi) is 11.0. The molecule has 0 aliphatic carbocycles. The maximum absolute atomic E-state index is 13.8. The Bertz CT molecular complexity index is 1790. The third kappa shape index (κ3) is 8.53. The van der Waals surface area contributed by atoms with Gasteiger partial charge in [0.1, 0.15) is 23.9 Å². The first-order valence-corrected chi connectivity index (χ1v) is 16.4. The lowest BCUT2D eigenvalue weighted by molar-refractivity contribution is 0.0398. The fraction of sp³-hybridized carbons (Fsp3) is 0.361. The summed E-state index contributed by atoms with van der Waals surface area (Å²) < 4.78 is 16.6. The first-order chi connectivity index (χ1) is 24.0. The molecule has 49 heavy (non-hydrogen) atoms. The number of methoxy groups -OCH3 is 1. The van der Waals surface area contributed by atoms with E-state index < -0.39 is 18.0 Å². The highest BCUT2D eigenvalue weighted by molar-refractivity contribution is 6.09. The first-order valence-electron chi connectivity index (χ1n) is 16.4. The number of hydrogen-bond acceptors (Lipinski definition) is 11. The molecule has 2 aliphatic heterocycles. The molecule has 2 aliphatic rings. The third-order valence-electron chi connectivity index (χ3n) is 8.65. The Hall–Kier alpha value is -5.45. The van der Waals surface area contributed by atoms with E-state index in [-0.39, 0.29) is 18.7 Å². The number of aromatic nitrogens is 2. The lowest BCUT2D eigenvalue weighted by atomic mass is 10.1. The van der Waals surface area contributed by atoms with Crippen molar-refractivity contribution in [2.45, 2.75) is 19.1 Å². The summed E-state index contributed by atoms with van der Waals surface area (Å²) in [5, 5.41) is 17.8. The van der Waals surface area contributed by atoms with E-state index in [0.29, 0.717) is 62.6 Å². The lowest BCUT2D eigenvalue weighted by Crippen LogP contribution is -2.55. The van der Waals surface area contributed by atoms with Crippen LogP contribution >= 0.6 is 0 Å². The zero-order valence-corrected chi connectivity index (χ0v) is 27.5. The van der Waals surface area contributed by atoms with E-state index in [4.69, 9.17) is 19.2 Å². The highest BCUT2D eigenvalue weighted by Gasteiger charge is 2.33. The van der Waals surface area contributed by atoms with E-state index in [9.17, 15) is 14.9 Å². The number of benzene rings is 3. The van der Waals surface area contributed by atoms with Crippen LogP contribution in [0.4, 0.5) is 22.2 Å². The average molecular weight is 665 g/mol. The van der Waals surface area contributed by atoms with Crippen molar-refractivity contribution in [2.75, 3.05) is 81.7 Å². The Labute approximate surface area is 285 Å². The van der Waals surface area contributed by atoms with Gasteiger partial charge < -0.3 is 34.6 Å². The van der Waals surface area contributed by atoms with Gasteiger partial charge in [0.2, 0.25) is 5.95 Å². The number of amides is 2. The SMILES string of the molecule is COc1cc(NC(=O)c2cc(N3CCN(C(=O)OCc4ccccc4)[C@@H](CC#N)C3)nc(NCCN3CCOCC3)n2)c2ccccc2c1. The maximum Gasteiger partial charge on any atom is 0.410 e. The van der Waals surface area contributed by atoms with Gasteiger partial charge in [0, 0.05) is 63.3 Å². The minimum Gasteiger partial charge on any atom is -0.497 e. The number of rotatable bonds is 11. The van der Waals surface area contributed by atoms with Crippen LogP contribution in [-0.4, -0.2) is 104 Å². The Morgan fingerprint density at radius 3 is 2.59 bits per heavy atom. The van der Waals surface area contributed by atoms with E-state index in [0.717, 1.165) is 36.0 Å². The number of piperazine rings is 1. The minimum atomic E-state index is -0.470. The number of anilines is 3. The largest absolute Gasteiger partial charge is 0.497 e. The molecule has 1 atom stereocenters. The van der Waals surface area contributed by atoms with E-state index in [2.05, 4.69) is 26.6 Å². The summed E-state index contributed by atoms with van der Waals surface area (Å²) in [5.74, 6) is 1.04. The second-order valence-corrected chi connectivity index (χ2v) is 11.9. The van der Waals surface area contributed by atoms with E-state index >= 15 is 0 Å². The number of carbonyl (C=O) groups is 2. The Morgan fingerprint density at radius 1 is 1.00 bits per heavy atom. The predicted octanol–water partition coefficient (Wildman–Crippen LogP) is 4.38. The lowest BCUT2D eigenvalue weighted by Gasteiger charge is -2.40. The topological polar surface area (TPSA) is 145 Å². The number of carbonyl (C=O) groups excluding carboxylic acids is 2. The van der Waals surface area contributed by atoms with Gasteiger partial charge in [0.15, 0.2) is 0 Å². The molecule has 13 nitrogen and oxygen atoms in total. The predicted molar refractivity (Wildman–Crippen MR) is 186 cm³/mol. The number of fused-ring (bicyclic) bond motifs is 1. The minimum absolute atomic E-state index is 0.114. The zero-order chi connectivity index (χ0) is 34.0. The molecule has 3 heterocycles. The van der Waals surface area contributed by atoms with E-state index in [1.807, 2.05) is 65.6 Å². The third-order valence-corrected chi connectivity index (χ3v) is 8.65. The fourth-order valence-corrected chi connectivity index (χ4v) is 6.02. The molecule has 1 aromatic heterocycles. The van der Waals surface area contributed by atoms with Gasteiger partial charge in [-0.3, -0.25) is 9.69 Å². The summed E-state index contributed by atoms with van der Waals surface area (Å²) in [7, 11) is 1.59. The number of nitrogens with zero attached hydrogens (tertiary/aromatic N) is 6. The van der Waals surface area contributed by atoms with Gasteiger partial charge in [-0.2, -0.15) is 10.2 Å². The van der Waals surface area contributed by atoms with Crippen molar-refractivity contribution in [3.63, 3.8) is 0 Å². The van der Waals surface area contributed by atoms with Crippen molar-refractivity contribution >= 4 is 40.2 Å². The molecule has 13 heteroatoms. The molecule has 2 saturated heterocycles. The van der Waals surface area contributed by atoms with E-state index in [1.165, 1.54) is 0 Å². The molecule has 4 aromatic rings. The molecular weight excluding hydrogens is 624 g/mol. The maximum atomic E-state index is 13.8. The van der Waals surface area contributed by atoms with Gasteiger partial charge >= 0.3 is 6.09 Å². The summed E-state index contributed by atoms with van der Waals surface area (Å²) in [4.78, 5) is 42.2. The van der Waals surface area contributed by atoms with Crippen molar-refractivity contribution in [3.8, 4) is 11.8 Å². The highest BCUT2D eigenvalue weighted by atomic mass is 16.6. The van der Waals surface area contributed by atoms with Gasteiger partial charge in [-0.25, -0.2) is 9.78 Å². The number of hydrogen-bond donors (Lipinski definition) is 2.